The van der Waals surface area contributed by atoms with E-state index in [-0.39, 0.29) is 25.0 Å². The number of rotatable bonds is 12. The van der Waals surface area contributed by atoms with E-state index >= 15 is 0 Å². The van der Waals surface area contributed by atoms with E-state index in [1.807, 2.05) is 31.2 Å². The molecule has 0 saturated heterocycles. The summed E-state index contributed by atoms with van der Waals surface area (Å²) in [7, 11) is 1.59. The van der Waals surface area contributed by atoms with Crippen LogP contribution in [0.25, 0.3) is 0 Å². The Bertz CT molecular complexity index is 907. The molecule has 0 saturated carbocycles. The van der Waals surface area contributed by atoms with Gasteiger partial charge in [0.1, 0.15) is 17.5 Å². The van der Waals surface area contributed by atoms with Crippen LogP contribution in [0.3, 0.4) is 0 Å². The van der Waals surface area contributed by atoms with Gasteiger partial charge in [0.05, 0.1) is 12.1 Å². The van der Waals surface area contributed by atoms with Gasteiger partial charge in [-0.1, -0.05) is 55.6 Å². The molecule has 0 radical (unpaired) electrons. The molecule has 0 aliphatic rings. The Balaban J connectivity index is 2.22. The Morgan fingerprint density at radius 2 is 1.91 bits per heavy atom. The quantitative estimate of drug-likeness (QED) is 0.428. The van der Waals surface area contributed by atoms with Crippen molar-refractivity contribution >= 4 is 35.0 Å². The summed E-state index contributed by atoms with van der Waals surface area (Å²) in [6.45, 7) is 4.50. The second kappa shape index (κ2) is 13.2. The van der Waals surface area contributed by atoms with Crippen LogP contribution in [0.5, 0.6) is 11.5 Å². The summed E-state index contributed by atoms with van der Waals surface area (Å²) in [6, 6.07) is 11.6. The minimum absolute atomic E-state index is 0.179. The van der Waals surface area contributed by atoms with Crippen molar-refractivity contribution in [2.45, 2.75) is 45.7 Å². The van der Waals surface area contributed by atoms with Crippen LogP contribution in [0.15, 0.2) is 42.5 Å². The molecule has 2 rings (SSSR count). The summed E-state index contributed by atoms with van der Waals surface area (Å²) in [5.74, 6) is 0.531. The van der Waals surface area contributed by atoms with E-state index in [1.165, 1.54) is 0 Å². The highest BCUT2D eigenvalue weighted by atomic mass is 35.5. The van der Waals surface area contributed by atoms with E-state index in [1.54, 1.807) is 30.2 Å². The summed E-state index contributed by atoms with van der Waals surface area (Å²) < 4.78 is 10.9. The van der Waals surface area contributed by atoms with E-state index < -0.39 is 6.04 Å². The van der Waals surface area contributed by atoms with Crippen molar-refractivity contribution < 1.29 is 19.1 Å². The van der Waals surface area contributed by atoms with E-state index in [4.69, 9.17) is 32.7 Å². The second-order valence-corrected chi connectivity index (χ2v) is 8.15. The van der Waals surface area contributed by atoms with Gasteiger partial charge in [-0.15, -0.1) is 0 Å². The molecule has 0 bridgehead atoms. The number of carbonyl (C=O) groups excluding carboxylic acids is 2. The molecule has 2 aromatic carbocycles. The number of benzene rings is 2. The summed E-state index contributed by atoms with van der Waals surface area (Å²) in [5, 5.41) is 3.72. The van der Waals surface area contributed by atoms with Crippen molar-refractivity contribution in [3.63, 3.8) is 0 Å². The number of nitrogens with zero attached hydrogens (tertiary/aromatic N) is 1. The predicted octanol–water partition coefficient (Wildman–Crippen LogP) is 5.10. The maximum absolute atomic E-state index is 13.2. The first-order chi connectivity index (χ1) is 15.4. The van der Waals surface area contributed by atoms with E-state index in [0.29, 0.717) is 34.5 Å². The molecule has 6 nitrogen and oxygen atoms in total. The Kier molecular flexibility index (Phi) is 10.6. The molecule has 8 heteroatoms. The van der Waals surface area contributed by atoms with Gasteiger partial charge in [-0.3, -0.25) is 9.59 Å². The molecule has 0 unspecified atom stereocenters. The third-order valence-electron chi connectivity index (χ3n) is 4.95. The van der Waals surface area contributed by atoms with Gasteiger partial charge >= 0.3 is 0 Å². The number of unbranched alkanes of at least 4 members (excludes halogenated alkanes) is 1. The SMILES string of the molecule is CCCCNC(=O)[C@@H](CC)N(Cc1cccc(OC)c1)C(=O)COc1ccc(Cl)cc1Cl. The standard InChI is InChI=1S/C24H30Cl2N2O4/c1-4-6-12-27-24(30)21(5-2)28(15-17-8-7-9-19(13-17)31-3)23(29)16-32-22-11-10-18(25)14-20(22)26/h7-11,13-14,21H,4-6,12,15-16H2,1-3H3,(H,27,30)/t21-/m1/s1. The van der Waals surface area contributed by atoms with Gasteiger partial charge in [0.15, 0.2) is 6.61 Å². The van der Waals surface area contributed by atoms with Gasteiger partial charge in [-0.2, -0.15) is 0 Å². The van der Waals surface area contributed by atoms with Crippen LogP contribution in [0.1, 0.15) is 38.7 Å². The average molecular weight is 481 g/mol. The number of amides is 2. The molecular formula is C24H30Cl2N2O4. The number of hydrogen-bond donors (Lipinski definition) is 1. The fourth-order valence-electron chi connectivity index (χ4n) is 3.21. The van der Waals surface area contributed by atoms with E-state index in [0.717, 1.165) is 18.4 Å². The predicted molar refractivity (Wildman–Crippen MR) is 127 cm³/mol. The molecule has 0 aliphatic carbocycles. The number of ether oxygens (including phenoxy) is 2. The highest BCUT2D eigenvalue weighted by molar-refractivity contribution is 6.35. The molecule has 2 amide bonds. The molecule has 0 heterocycles. The zero-order valence-electron chi connectivity index (χ0n) is 18.7. The fourth-order valence-corrected chi connectivity index (χ4v) is 3.67. The lowest BCUT2D eigenvalue weighted by molar-refractivity contribution is -0.143. The van der Waals surface area contributed by atoms with Gasteiger partial charge in [-0.25, -0.2) is 0 Å². The topological polar surface area (TPSA) is 67.9 Å². The summed E-state index contributed by atoms with van der Waals surface area (Å²) in [6.07, 6.45) is 2.32. The maximum atomic E-state index is 13.2. The van der Waals surface area contributed by atoms with Gasteiger partial charge in [0, 0.05) is 18.1 Å². The van der Waals surface area contributed by atoms with Crippen LogP contribution in [-0.2, 0) is 16.1 Å². The number of methoxy groups -OCH3 is 1. The van der Waals surface area contributed by atoms with Crippen LogP contribution in [0.2, 0.25) is 10.0 Å². The monoisotopic (exact) mass is 480 g/mol. The smallest absolute Gasteiger partial charge is 0.261 e. The number of hydrogen-bond acceptors (Lipinski definition) is 4. The fraction of sp³-hybridized carbons (Fsp3) is 0.417. The molecule has 174 valence electrons. The molecule has 1 atom stereocenters. The number of halogens is 2. The first-order valence-electron chi connectivity index (χ1n) is 10.7. The lowest BCUT2D eigenvalue weighted by atomic mass is 10.1. The third-order valence-corrected chi connectivity index (χ3v) is 5.48. The highest BCUT2D eigenvalue weighted by Gasteiger charge is 2.29. The molecule has 0 spiro atoms. The third kappa shape index (κ3) is 7.61. The normalized spacial score (nSPS) is 11.5. The average Bonchev–Trinajstić information content (AvgIpc) is 2.78. The van der Waals surface area contributed by atoms with Gasteiger partial charge in [0.2, 0.25) is 5.91 Å². The lowest BCUT2D eigenvalue weighted by Gasteiger charge is -2.30. The first-order valence-corrected chi connectivity index (χ1v) is 11.4. The maximum Gasteiger partial charge on any atom is 0.261 e. The highest BCUT2D eigenvalue weighted by Crippen LogP contribution is 2.27. The van der Waals surface area contributed by atoms with Crippen molar-refractivity contribution in [3.8, 4) is 11.5 Å². The molecule has 0 fully saturated rings. The van der Waals surface area contributed by atoms with Crippen molar-refractivity contribution in [2.24, 2.45) is 0 Å². The molecule has 1 N–H and O–H groups in total. The summed E-state index contributed by atoms with van der Waals surface area (Å²) in [4.78, 5) is 27.6. The van der Waals surface area contributed by atoms with E-state index in [2.05, 4.69) is 12.2 Å². The molecule has 0 aromatic heterocycles. The molecule has 2 aromatic rings. The minimum atomic E-state index is -0.630. The Morgan fingerprint density at radius 3 is 2.56 bits per heavy atom. The number of nitrogens with one attached hydrogen (secondary N) is 1. The largest absolute Gasteiger partial charge is 0.497 e. The molecular weight excluding hydrogens is 451 g/mol. The first kappa shape index (κ1) is 25.8. The zero-order chi connectivity index (χ0) is 23.5. The van der Waals surface area contributed by atoms with Crippen molar-refractivity contribution in [1.29, 1.82) is 0 Å². The van der Waals surface area contributed by atoms with Crippen LogP contribution in [0, 0.1) is 0 Å². The molecule has 32 heavy (non-hydrogen) atoms. The van der Waals surface area contributed by atoms with Crippen LogP contribution < -0.4 is 14.8 Å². The van der Waals surface area contributed by atoms with Crippen LogP contribution in [0.4, 0.5) is 0 Å². The Hall–Kier alpha value is -2.44. The zero-order valence-corrected chi connectivity index (χ0v) is 20.2. The van der Waals surface area contributed by atoms with Crippen molar-refractivity contribution in [2.75, 3.05) is 20.3 Å². The van der Waals surface area contributed by atoms with Gasteiger partial charge in [0.25, 0.3) is 5.91 Å². The summed E-state index contributed by atoms with van der Waals surface area (Å²) >= 11 is 12.1. The second-order valence-electron chi connectivity index (χ2n) is 7.31. The van der Waals surface area contributed by atoms with Crippen LogP contribution in [-0.4, -0.2) is 43.0 Å². The van der Waals surface area contributed by atoms with Gasteiger partial charge < -0.3 is 19.7 Å². The van der Waals surface area contributed by atoms with Crippen LogP contribution >= 0.6 is 23.2 Å². The summed E-state index contributed by atoms with van der Waals surface area (Å²) in [5.41, 5.74) is 0.849. The number of carbonyl (C=O) groups is 2. The lowest BCUT2D eigenvalue weighted by Crippen LogP contribution is -2.50. The van der Waals surface area contributed by atoms with Gasteiger partial charge in [-0.05, 0) is 48.7 Å². The minimum Gasteiger partial charge on any atom is -0.497 e. The van der Waals surface area contributed by atoms with E-state index in [9.17, 15) is 9.59 Å². The van der Waals surface area contributed by atoms with Crippen molar-refractivity contribution in [3.05, 3.63) is 58.1 Å². The van der Waals surface area contributed by atoms with Crippen molar-refractivity contribution in [1.82, 2.24) is 10.2 Å². The Morgan fingerprint density at radius 1 is 1.12 bits per heavy atom. The molecule has 0 aliphatic heterocycles. The Labute approximate surface area is 199 Å².